The second-order valence-electron chi connectivity index (χ2n) is 7.62. The highest BCUT2D eigenvalue weighted by Gasteiger charge is 2.31. The largest absolute Gasteiger partial charge is 0.573 e. The maximum absolute atomic E-state index is 12.4. The summed E-state index contributed by atoms with van der Waals surface area (Å²) < 4.78 is 46.6. The van der Waals surface area contributed by atoms with E-state index in [1.165, 1.54) is 18.6 Å². The first-order valence-corrected chi connectivity index (χ1v) is 9.95. The Morgan fingerprint density at radius 1 is 1.10 bits per heavy atom. The summed E-state index contributed by atoms with van der Waals surface area (Å²) in [5, 5.41) is 7.84. The summed E-state index contributed by atoms with van der Waals surface area (Å²) >= 11 is 0. The first kappa shape index (κ1) is 19.5. The Morgan fingerprint density at radius 2 is 1.87 bits per heavy atom. The van der Waals surface area contributed by atoms with Gasteiger partial charge in [-0.1, -0.05) is 24.6 Å². The Balaban J connectivity index is 1.34. The Hall–Kier alpha value is -3.49. The Bertz CT molecular complexity index is 1200. The van der Waals surface area contributed by atoms with E-state index >= 15 is 0 Å². The van der Waals surface area contributed by atoms with Gasteiger partial charge in [-0.2, -0.15) is 5.10 Å². The summed E-state index contributed by atoms with van der Waals surface area (Å²) in [7, 11) is 0. The zero-order chi connectivity index (χ0) is 21.4. The van der Waals surface area contributed by atoms with E-state index in [-0.39, 0.29) is 5.75 Å². The van der Waals surface area contributed by atoms with Gasteiger partial charge >= 0.3 is 6.36 Å². The number of rotatable bonds is 5. The van der Waals surface area contributed by atoms with Crippen LogP contribution in [-0.2, 0) is 6.54 Å². The number of fused-ring (bicyclic) bond motifs is 1. The molecule has 5 rings (SSSR count). The van der Waals surface area contributed by atoms with Gasteiger partial charge in [-0.15, -0.1) is 13.2 Å². The van der Waals surface area contributed by atoms with Crippen molar-refractivity contribution in [2.75, 3.05) is 0 Å². The number of halogens is 3. The summed E-state index contributed by atoms with van der Waals surface area (Å²) in [6.45, 7) is 0.493. The molecule has 0 spiro atoms. The van der Waals surface area contributed by atoms with E-state index in [9.17, 15) is 13.2 Å². The standard InChI is InChI=1S/C22H19F3N4O2/c23-22(24,25)31-19-7-4-14(5-8-19)16-6-9-20-17(10-16)11-29(28-27-20)12-18-13-30-21(26-18)15-2-1-3-15/h4-11,13,15,28H,1-3,12H2. The van der Waals surface area contributed by atoms with Crippen LogP contribution >= 0.6 is 0 Å². The minimum atomic E-state index is -4.71. The highest BCUT2D eigenvalue weighted by atomic mass is 19.4. The molecule has 0 unspecified atom stereocenters. The Labute approximate surface area is 175 Å². The lowest BCUT2D eigenvalue weighted by atomic mass is 9.85. The fraction of sp³-hybridized carbons (Fsp3) is 0.273. The van der Waals surface area contributed by atoms with Crippen molar-refractivity contribution in [3.8, 4) is 16.9 Å². The number of oxazole rings is 1. The van der Waals surface area contributed by atoms with Gasteiger partial charge in [0.1, 0.15) is 17.7 Å². The van der Waals surface area contributed by atoms with Gasteiger partial charge in [-0.25, -0.2) is 10.5 Å². The summed E-state index contributed by atoms with van der Waals surface area (Å²) in [5.74, 6) is 0.990. The van der Waals surface area contributed by atoms with Crippen LogP contribution in [0.1, 0.15) is 36.8 Å². The van der Waals surface area contributed by atoms with Gasteiger partial charge in [-0.05, 0) is 48.2 Å². The van der Waals surface area contributed by atoms with Crippen LogP contribution < -0.4 is 20.8 Å². The van der Waals surface area contributed by atoms with Crippen molar-refractivity contribution < 1.29 is 22.3 Å². The highest BCUT2D eigenvalue weighted by molar-refractivity contribution is 5.64. The Kier molecular flexibility index (Phi) is 4.80. The normalized spacial score (nSPS) is 15.9. The monoisotopic (exact) mass is 428 g/mol. The molecule has 160 valence electrons. The predicted octanol–water partition coefficient (Wildman–Crippen LogP) is 3.80. The van der Waals surface area contributed by atoms with Gasteiger partial charge in [0.2, 0.25) is 0 Å². The van der Waals surface area contributed by atoms with Gasteiger partial charge in [0, 0.05) is 17.3 Å². The zero-order valence-corrected chi connectivity index (χ0v) is 16.4. The lowest BCUT2D eigenvalue weighted by Crippen LogP contribution is -2.42. The third kappa shape index (κ3) is 4.35. The molecule has 0 radical (unpaired) electrons. The molecule has 0 bridgehead atoms. The molecule has 1 aliphatic heterocycles. The molecule has 2 aliphatic rings. The molecule has 1 saturated carbocycles. The second kappa shape index (κ2) is 7.64. The molecule has 0 atom stereocenters. The molecule has 0 saturated heterocycles. The predicted molar refractivity (Wildman–Crippen MR) is 106 cm³/mol. The van der Waals surface area contributed by atoms with Crippen molar-refractivity contribution >= 4 is 6.20 Å². The molecule has 2 aromatic carbocycles. The second-order valence-corrected chi connectivity index (χ2v) is 7.62. The molecule has 2 heterocycles. The van der Waals surface area contributed by atoms with Crippen molar-refractivity contribution in [3.63, 3.8) is 0 Å². The quantitative estimate of drug-likeness (QED) is 0.670. The molecule has 0 amide bonds. The fourth-order valence-corrected chi connectivity index (χ4v) is 3.60. The van der Waals surface area contributed by atoms with E-state index in [1.54, 1.807) is 18.4 Å². The summed E-state index contributed by atoms with van der Waals surface area (Å²) in [4.78, 5) is 4.58. The van der Waals surface area contributed by atoms with Crippen LogP contribution in [0.15, 0.2) is 58.2 Å². The number of hydrazine groups is 1. The van der Waals surface area contributed by atoms with E-state index in [4.69, 9.17) is 4.42 Å². The third-order valence-electron chi connectivity index (χ3n) is 5.40. The molecule has 1 fully saturated rings. The minimum absolute atomic E-state index is 0.250. The van der Waals surface area contributed by atoms with Crippen molar-refractivity contribution in [1.82, 2.24) is 15.5 Å². The van der Waals surface area contributed by atoms with Crippen LogP contribution in [0.4, 0.5) is 13.2 Å². The maximum Gasteiger partial charge on any atom is 0.573 e. The van der Waals surface area contributed by atoms with Crippen LogP contribution in [-0.4, -0.2) is 16.4 Å². The molecule has 3 aromatic rings. The average molecular weight is 428 g/mol. The highest BCUT2D eigenvalue weighted by Crippen LogP contribution is 2.35. The summed E-state index contributed by atoms with van der Waals surface area (Å²) in [6, 6.07) is 11.5. The van der Waals surface area contributed by atoms with Gasteiger partial charge in [0.05, 0.1) is 11.9 Å². The summed E-state index contributed by atoms with van der Waals surface area (Å²) in [6.07, 6.45) is 2.37. The topological polar surface area (TPSA) is 62.9 Å². The number of hydrogen-bond acceptors (Lipinski definition) is 6. The van der Waals surface area contributed by atoms with Gasteiger partial charge < -0.3 is 9.15 Å². The van der Waals surface area contributed by atoms with Gasteiger partial charge in [0.15, 0.2) is 5.89 Å². The minimum Gasteiger partial charge on any atom is -0.448 e. The summed E-state index contributed by atoms with van der Waals surface area (Å²) in [5.41, 5.74) is 5.43. The van der Waals surface area contributed by atoms with Crippen molar-refractivity contribution in [3.05, 3.63) is 70.9 Å². The number of hydrogen-bond donors (Lipinski definition) is 1. The van der Waals surface area contributed by atoms with Crippen LogP contribution in [0.3, 0.4) is 0 Å². The lowest BCUT2D eigenvalue weighted by Gasteiger charge is -2.22. The van der Waals surface area contributed by atoms with Crippen LogP contribution in [0.25, 0.3) is 17.3 Å². The molecular formula is C22H19F3N4O2. The van der Waals surface area contributed by atoms with Crippen LogP contribution in [0.5, 0.6) is 5.75 Å². The van der Waals surface area contributed by atoms with E-state index in [0.29, 0.717) is 12.5 Å². The van der Waals surface area contributed by atoms with Gasteiger partial charge in [0.25, 0.3) is 0 Å². The van der Waals surface area contributed by atoms with Crippen LogP contribution in [0, 0.1) is 0 Å². The molecule has 31 heavy (non-hydrogen) atoms. The molecule has 1 N–H and O–H groups in total. The molecule has 1 aromatic heterocycles. The number of nitrogens with one attached hydrogen (secondary N) is 1. The fourth-order valence-electron chi connectivity index (χ4n) is 3.60. The average Bonchev–Trinajstić information content (AvgIpc) is 3.13. The van der Waals surface area contributed by atoms with E-state index < -0.39 is 6.36 Å². The molecule has 6 nitrogen and oxygen atoms in total. The number of alkyl halides is 3. The smallest absolute Gasteiger partial charge is 0.448 e. The van der Waals surface area contributed by atoms with Crippen LogP contribution in [0.2, 0.25) is 0 Å². The zero-order valence-electron chi connectivity index (χ0n) is 16.4. The molecule has 1 aliphatic carbocycles. The number of ether oxygens (including phenoxy) is 1. The van der Waals surface area contributed by atoms with Gasteiger partial charge in [-0.3, -0.25) is 5.01 Å². The first-order valence-electron chi connectivity index (χ1n) is 9.95. The SMILES string of the molecule is FC(F)(F)Oc1ccc(-c2ccc3c(c2)=CN(Cc2coc(C4CCC4)n2)NN=3)cc1. The third-order valence-corrected chi connectivity index (χ3v) is 5.40. The van der Waals surface area contributed by atoms with Crippen molar-refractivity contribution in [2.24, 2.45) is 5.10 Å². The van der Waals surface area contributed by atoms with E-state index in [1.807, 2.05) is 29.4 Å². The van der Waals surface area contributed by atoms with Crippen molar-refractivity contribution in [2.45, 2.75) is 38.1 Å². The van der Waals surface area contributed by atoms with E-state index in [0.717, 1.165) is 46.1 Å². The number of benzene rings is 2. The van der Waals surface area contributed by atoms with Crippen molar-refractivity contribution in [1.29, 1.82) is 0 Å². The number of aromatic nitrogens is 1. The molecule has 9 heteroatoms. The maximum atomic E-state index is 12.4. The molecular weight excluding hydrogens is 409 g/mol. The lowest BCUT2D eigenvalue weighted by molar-refractivity contribution is -0.274. The Morgan fingerprint density at radius 3 is 2.58 bits per heavy atom. The van der Waals surface area contributed by atoms with E-state index in [2.05, 4.69) is 20.4 Å². The number of nitrogens with zero attached hydrogens (tertiary/aromatic N) is 3. The first-order chi connectivity index (χ1) is 14.9.